The van der Waals surface area contributed by atoms with Crippen LogP contribution >= 0.6 is 23.8 Å². The lowest BCUT2D eigenvalue weighted by Gasteiger charge is -2.14. The van der Waals surface area contributed by atoms with Gasteiger partial charge in [0.15, 0.2) is 5.11 Å². The molecule has 3 aromatic carbocycles. The van der Waals surface area contributed by atoms with Crippen molar-refractivity contribution in [3.8, 4) is 5.75 Å². The van der Waals surface area contributed by atoms with Crippen LogP contribution in [0, 0.1) is 5.92 Å². The highest BCUT2D eigenvalue weighted by Crippen LogP contribution is 2.20. The lowest BCUT2D eigenvalue weighted by atomic mass is 10.1. The smallest absolute Gasteiger partial charge is 0.261 e. The zero-order valence-electron chi connectivity index (χ0n) is 18.9. The highest BCUT2D eigenvalue weighted by molar-refractivity contribution is 7.80. The van der Waals surface area contributed by atoms with E-state index in [0.717, 1.165) is 6.42 Å². The van der Waals surface area contributed by atoms with Crippen molar-refractivity contribution < 1.29 is 14.3 Å². The average Bonchev–Trinajstić information content (AvgIpc) is 2.79. The number of ether oxygens (including phenoxy) is 1. The number of amides is 2. The van der Waals surface area contributed by atoms with Gasteiger partial charge in [-0.2, -0.15) is 0 Å². The first-order valence-corrected chi connectivity index (χ1v) is 11.6. The number of anilines is 2. The molecule has 0 atom stereocenters. The number of para-hydroxylation sites is 1. The number of hydrogen-bond acceptors (Lipinski definition) is 4. The number of carbonyl (C=O) groups is 2. The summed E-state index contributed by atoms with van der Waals surface area (Å²) >= 11 is 11.3. The van der Waals surface area contributed by atoms with Crippen LogP contribution in [-0.2, 0) is 0 Å². The first kappa shape index (κ1) is 25.2. The number of carbonyl (C=O) groups excluding carboxylic acids is 2. The lowest BCUT2D eigenvalue weighted by Crippen LogP contribution is -2.34. The van der Waals surface area contributed by atoms with Crippen molar-refractivity contribution in [3.63, 3.8) is 0 Å². The van der Waals surface area contributed by atoms with Crippen molar-refractivity contribution in [1.29, 1.82) is 0 Å². The summed E-state index contributed by atoms with van der Waals surface area (Å²) in [5, 5.41) is 9.04. The van der Waals surface area contributed by atoms with E-state index in [0.29, 0.717) is 45.8 Å². The van der Waals surface area contributed by atoms with Crippen LogP contribution in [0.5, 0.6) is 5.75 Å². The van der Waals surface area contributed by atoms with Crippen molar-refractivity contribution in [2.24, 2.45) is 5.92 Å². The summed E-state index contributed by atoms with van der Waals surface area (Å²) < 4.78 is 5.79. The van der Waals surface area contributed by atoms with E-state index in [1.54, 1.807) is 66.7 Å². The van der Waals surface area contributed by atoms with Gasteiger partial charge in [-0.3, -0.25) is 14.9 Å². The first-order chi connectivity index (χ1) is 16.3. The van der Waals surface area contributed by atoms with Gasteiger partial charge in [0.1, 0.15) is 5.75 Å². The third-order valence-electron chi connectivity index (χ3n) is 4.78. The molecule has 3 N–H and O–H groups in total. The fraction of sp³-hybridized carbons (Fsp3) is 0.192. The number of benzene rings is 3. The van der Waals surface area contributed by atoms with Gasteiger partial charge in [-0.15, -0.1) is 0 Å². The van der Waals surface area contributed by atoms with Gasteiger partial charge in [-0.05, 0) is 73.1 Å². The predicted octanol–water partition coefficient (Wildman–Crippen LogP) is 6.14. The van der Waals surface area contributed by atoms with E-state index in [2.05, 4.69) is 29.8 Å². The van der Waals surface area contributed by atoms with Crippen LogP contribution in [0.2, 0.25) is 5.02 Å². The molecule has 0 aliphatic carbocycles. The van der Waals surface area contributed by atoms with Gasteiger partial charge in [-0.1, -0.05) is 49.7 Å². The van der Waals surface area contributed by atoms with E-state index in [4.69, 9.17) is 28.6 Å². The van der Waals surface area contributed by atoms with Crippen molar-refractivity contribution in [3.05, 3.63) is 88.9 Å². The fourth-order valence-corrected chi connectivity index (χ4v) is 3.43. The maximum absolute atomic E-state index is 12.8. The number of hydrogen-bond donors (Lipinski definition) is 3. The van der Waals surface area contributed by atoms with E-state index in [-0.39, 0.29) is 16.9 Å². The average molecular weight is 496 g/mol. The van der Waals surface area contributed by atoms with Crippen LogP contribution in [0.3, 0.4) is 0 Å². The van der Waals surface area contributed by atoms with Gasteiger partial charge < -0.3 is 15.4 Å². The molecule has 0 saturated carbocycles. The number of rotatable bonds is 8. The molecule has 6 nitrogen and oxygen atoms in total. The molecule has 0 bridgehead atoms. The maximum Gasteiger partial charge on any atom is 0.261 e. The summed E-state index contributed by atoms with van der Waals surface area (Å²) in [5.41, 5.74) is 1.96. The topological polar surface area (TPSA) is 79.5 Å². The third kappa shape index (κ3) is 7.57. The molecule has 0 heterocycles. The van der Waals surface area contributed by atoms with Gasteiger partial charge in [0, 0.05) is 22.0 Å². The van der Waals surface area contributed by atoms with Crippen LogP contribution in [0.25, 0.3) is 0 Å². The van der Waals surface area contributed by atoms with Crippen molar-refractivity contribution >= 4 is 52.1 Å². The molecule has 3 rings (SSSR count). The van der Waals surface area contributed by atoms with Crippen molar-refractivity contribution in [1.82, 2.24) is 5.32 Å². The number of halogens is 1. The zero-order valence-corrected chi connectivity index (χ0v) is 20.5. The normalized spacial score (nSPS) is 10.5. The van der Waals surface area contributed by atoms with Crippen LogP contribution in [0.4, 0.5) is 11.4 Å². The van der Waals surface area contributed by atoms with E-state index >= 15 is 0 Å². The Bertz CT molecular complexity index is 1180. The maximum atomic E-state index is 12.8. The minimum absolute atomic E-state index is 0.106. The van der Waals surface area contributed by atoms with Gasteiger partial charge in [0.05, 0.1) is 12.2 Å². The minimum atomic E-state index is -0.382. The molecular weight excluding hydrogens is 470 g/mol. The van der Waals surface area contributed by atoms with Gasteiger partial charge in [-0.25, -0.2) is 0 Å². The highest BCUT2D eigenvalue weighted by Gasteiger charge is 2.14. The Labute approximate surface area is 209 Å². The second-order valence-electron chi connectivity index (χ2n) is 7.98. The van der Waals surface area contributed by atoms with E-state index < -0.39 is 0 Å². The van der Waals surface area contributed by atoms with E-state index in [1.807, 2.05) is 6.07 Å². The molecule has 0 aromatic heterocycles. The Balaban J connectivity index is 1.61. The molecule has 0 fully saturated rings. The van der Waals surface area contributed by atoms with Crippen LogP contribution in [0.15, 0.2) is 72.8 Å². The minimum Gasteiger partial charge on any atom is -0.493 e. The molecule has 0 aliphatic heterocycles. The molecule has 0 radical (unpaired) electrons. The quantitative estimate of drug-likeness (QED) is 0.327. The summed E-state index contributed by atoms with van der Waals surface area (Å²) in [4.78, 5) is 25.4. The van der Waals surface area contributed by atoms with Crippen molar-refractivity contribution in [2.75, 3.05) is 17.2 Å². The summed E-state index contributed by atoms with van der Waals surface area (Å²) in [5.74, 6) is 0.324. The van der Waals surface area contributed by atoms with Gasteiger partial charge in [0.25, 0.3) is 11.8 Å². The lowest BCUT2D eigenvalue weighted by molar-refractivity contribution is 0.0972. The Morgan fingerprint density at radius 1 is 0.912 bits per heavy atom. The Morgan fingerprint density at radius 2 is 1.62 bits per heavy atom. The monoisotopic (exact) mass is 495 g/mol. The third-order valence-corrected chi connectivity index (χ3v) is 5.22. The summed E-state index contributed by atoms with van der Waals surface area (Å²) in [6.07, 6.45) is 0.886. The van der Waals surface area contributed by atoms with E-state index in [9.17, 15) is 9.59 Å². The van der Waals surface area contributed by atoms with Crippen LogP contribution < -0.4 is 20.7 Å². The Morgan fingerprint density at radius 3 is 2.35 bits per heavy atom. The molecule has 0 spiro atoms. The predicted molar refractivity (Wildman–Crippen MR) is 141 cm³/mol. The molecule has 2 amide bonds. The molecule has 176 valence electrons. The van der Waals surface area contributed by atoms with E-state index in [1.165, 1.54) is 0 Å². The second kappa shape index (κ2) is 12.2. The molecule has 0 saturated heterocycles. The Kier molecular flexibility index (Phi) is 9.01. The largest absolute Gasteiger partial charge is 0.493 e. The second-order valence-corrected chi connectivity index (χ2v) is 8.83. The van der Waals surface area contributed by atoms with Crippen LogP contribution in [-0.4, -0.2) is 23.5 Å². The SMILES string of the molecule is CC(C)CCOc1ccccc1C(=O)NC(=S)Nc1cccc(C(=O)Nc2cccc(Cl)c2)c1. The number of thiocarbonyl (C=S) groups is 1. The number of nitrogens with one attached hydrogen (secondary N) is 3. The van der Waals surface area contributed by atoms with Gasteiger partial charge in [0.2, 0.25) is 0 Å². The molecule has 0 unspecified atom stereocenters. The van der Waals surface area contributed by atoms with Crippen molar-refractivity contribution in [2.45, 2.75) is 20.3 Å². The molecule has 34 heavy (non-hydrogen) atoms. The Hall–Kier alpha value is -3.42. The molecule has 0 aliphatic rings. The molecule has 8 heteroatoms. The zero-order chi connectivity index (χ0) is 24.5. The summed E-state index contributed by atoms with van der Waals surface area (Å²) in [6.45, 7) is 4.75. The summed E-state index contributed by atoms with van der Waals surface area (Å²) in [7, 11) is 0. The van der Waals surface area contributed by atoms with Crippen LogP contribution in [0.1, 0.15) is 41.0 Å². The fourth-order valence-electron chi connectivity index (χ4n) is 3.03. The van der Waals surface area contributed by atoms with Gasteiger partial charge >= 0.3 is 0 Å². The standard InChI is InChI=1S/C26H26ClN3O3S/c1-17(2)13-14-33-23-12-4-3-11-22(23)25(32)30-26(34)29-20-9-5-7-18(15-20)24(31)28-21-10-6-8-19(27)16-21/h3-12,15-17H,13-14H2,1-2H3,(H,28,31)(H2,29,30,32,34). The molecular formula is C26H26ClN3O3S. The summed E-state index contributed by atoms with van der Waals surface area (Å²) in [6, 6.07) is 20.7. The highest BCUT2D eigenvalue weighted by atomic mass is 35.5. The first-order valence-electron chi connectivity index (χ1n) is 10.8. The molecule has 3 aromatic rings.